The lowest BCUT2D eigenvalue weighted by Gasteiger charge is -2.05. The van der Waals surface area contributed by atoms with Crippen molar-refractivity contribution in [3.8, 4) is 0 Å². The first-order valence-electron chi connectivity index (χ1n) is 1.31. The molecular formula is C2HCl3FO. The van der Waals surface area contributed by atoms with Crippen molar-refractivity contribution in [1.29, 1.82) is 0 Å². The van der Waals surface area contributed by atoms with Gasteiger partial charge in [0, 0.05) is 0 Å². The highest BCUT2D eigenvalue weighted by molar-refractivity contribution is 6.48. The van der Waals surface area contributed by atoms with Gasteiger partial charge in [0.1, 0.15) is 0 Å². The lowest BCUT2D eigenvalue weighted by atomic mass is 10.8. The van der Waals surface area contributed by atoms with Gasteiger partial charge in [-0.25, -0.2) is 0 Å². The van der Waals surface area contributed by atoms with Crippen molar-refractivity contribution >= 4 is 34.8 Å². The summed E-state index contributed by atoms with van der Waals surface area (Å²) < 4.78 is 11.5. The van der Waals surface area contributed by atoms with Gasteiger partial charge in [-0.1, -0.05) is 23.2 Å². The average Bonchev–Trinajstić information content (AvgIpc) is 1.31. The molecule has 1 nitrogen and oxygen atoms in total. The van der Waals surface area contributed by atoms with Gasteiger partial charge in [-0.05, 0) is 11.6 Å². The van der Waals surface area contributed by atoms with E-state index in [2.05, 4.69) is 11.6 Å². The summed E-state index contributed by atoms with van der Waals surface area (Å²) in [4.78, 5) is -1.71. The quantitative estimate of drug-likeness (QED) is 0.532. The predicted molar refractivity (Wildman–Crippen MR) is 25.9 cm³/mol. The third-order valence-electron chi connectivity index (χ3n) is 0.254. The van der Waals surface area contributed by atoms with Gasteiger partial charge in [0.15, 0.2) is 4.84 Å². The van der Waals surface area contributed by atoms with Crippen LogP contribution in [-0.4, -0.2) is 10.2 Å². The first kappa shape index (κ1) is 7.76. The Morgan fingerprint density at radius 3 is 1.71 bits per heavy atom. The molecule has 0 spiro atoms. The molecule has 0 aromatic carbocycles. The van der Waals surface area contributed by atoms with E-state index in [1.54, 1.807) is 0 Å². The Bertz CT molecular complexity index is 58.4. The third-order valence-corrected chi connectivity index (χ3v) is 1.26. The molecule has 0 rings (SSSR count). The standard InChI is InChI=1S/C2HCl3FO/c3-1(4)2(5,6)7/h1H. The summed E-state index contributed by atoms with van der Waals surface area (Å²) in [6, 6.07) is 0. The fourth-order valence-corrected chi connectivity index (χ4v) is 0. The SMILES string of the molecule is [O]C(F)(Cl)C(Cl)Cl. The molecule has 1 atom stereocenters. The van der Waals surface area contributed by atoms with Crippen LogP contribution in [0.4, 0.5) is 4.39 Å². The van der Waals surface area contributed by atoms with E-state index < -0.39 is 10.2 Å². The highest BCUT2D eigenvalue weighted by atomic mass is 35.5. The molecule has 1 unspecified atom stereocenters. The second kappa shape index (κ2) is 2.35. The summed E-state index contributed by atoms with van der Waals surface area (Å²) in [5.74, 6) is 0. The molecule has 0 aromatic heterocycles. The zero-order valence-corrected chi connectivity index (χ0v) is 5.27. The molecule has 0 aliphatic carbocycles. The highest BCUT2D eigenvalue weighted by Crippen LogP contribution is 2.26. The maximum absolute atomic E-state index is 11.5. The second-order valence-corrected chi connectivity index (χ2v) is 2.47. The summed E-state index contributed by atoms with van der Waals surface area (Å²) in [5.41, 5.74) is 0. The summed E-state index contributed by atoms with van der Waals surface area (Å²) in [5, 5.41) is 6.39. The minimum Gasteiger partial charge on any atom is -0.188 e. The molecule has 0 aliphatic heterocycles. The first-order chi connectivity index (χ1) is 2.94. The third kappa shape index (κ3) is 3.35. The molecular weight excluding hydrogens is 165 g/mol. The van der Waals surface area contributed by atoms with Gasteiger partial charge >= 0.3 is 5.31 Å². The van der Waals surface area contributed by atoms with Crippen LogP contribution in [0.2, 0.25) is 0 Å². The van der Waals surface area contributed by atoms with Gasteiger partial charge in [0.25, 0.3) is 0 Å². The summed E-state index contributed by atoms with van der Waals surface area (Å²) >= 11 is 13.8. The fourth-order valence-electron chi connectivity index (χ4n) is 0. The predicted octanol–water partition coefficient (Wildman–Crippen LogP) is 2.08. The maximum atomic E-state index is 11.5. The van der Waals surface area contributed by atoms with E-state index in [1.165, 1.54) is 0 Å². The number of hydrogen-bond acceptors (Lipinski definition) is 0. The molecule has 0 bridgehead atoms. The minimum absolute atomic E-state index is 1.71. The van der Waals surface area contributed by atoms with Crippen LogP contribution in [0.15, 0.2) is 0 Å². The van der Waals surface area contributed by atoms with Gasteiger partial charge in [0.2, 0.25) is 0 Å². The van der Waals surface area contributed by atoms with Crippen molar-refractivity contribution in [2.45, 2.75) is 10.2 Å². The molecule has 5 heteroatoms. The van der Waals surface area contributed by atoms with E-state index in [4.69, 9.17) is 23.2 Å². The van der Waals surface area contributed by atoms with Crippen LogP contribution in [-0.2, 0) is 5.11 Å². The Morgan fingerprint density at radius 2 is 1.71 bits per heavy atom. The molecule has 43 valence electrons. The van der Waals surface area contributed by atoms with Crippen LogP contribution in [0.1, 0.15) is 0 Å². The Morgan fingerprint density at radius 1 is 1.57 bits per heavy atom. The van der Waals surface area contributed by atoms with Gasteiger partial charge in [0.05, 0.1) is 0 Å². The zero-order chi connectivity index (χ0) is 6.08. The Labute approximate surface area is 55.0 Å². The van der Waals surface area contributed by atoms with E-state index in [1.807, 2.05) is 0 Å². The Balaban J connectivity index is 3.54. The zero-order valence-electron chi connectivity index (χ0n) is 3.00. The molecule has 0 N–H and O–H groups in total. The van der Waals surface area contributed by atoms with E-state index in [-0.39, 0.29) is 0 Å². The molecule has 0 saturated carbocycles. The van der Waals surface area contributed by atoms with E-state index in [0.29, 0.717) is 0 Å². The van der Waals surface area contributed by atoms with Crippen LogP contribution in [0.5, 0.6) is 0 Å². The Kier molecular flexibility index (Phi) is 2.61. The fraction of sp³-hybridized carbons (Fsp3) is 1.00. The molecule has 1 radical (unpaired) electrons. The van der Waals surface area contributed by atoms with Crippen LogP contribution in [0, 0.1) is 0 Å². The largest absolute Gasteiger partial charge is 0.344 e. The normalized spacial score (nSPS) is 19.7. The molecule has 7 heavy (non-hydrogen) atoms. The topological polar surface area (TPSA) is 19.9 Å². The molecule has 0 aliphatic rings. The van der Waals surface area contributed by atoms with Crippen molar-refractivity contribution in [2.75, 3.05) is 0 Å². The first-order valence-corrected chi connectivity index (χ1v) is 2.56. The number of rotatable bonds is 1. The summed E-state index contributed by atoms with van der Waals surface area (Å²) in [7, 11) is 0. The molecule has 0 fully saturated rings. The number of halogens is 4. The van der Waals surface area contributed by atoms with E-state index in [0.717, 1.165) is 0 Å². The lowest BCUT2D eigenvalue weighted by Crippen LogP contribution is -2.19. The molecule has 0 heterocycles. The second-order valence-electron chi connectivity index (χ2n) is 0.862. The summed E-state index contributed by atoms with van der Waals surface area (Å²) in [6.45, 7) is 0. The van der Waals surface area contributed by atoms with Gasteiger partial charge < -0.3 is 0 Å². The van der Waals surface area contributed by atoms with Crippen molar-refractivity contribution in [3.05, 3.63) is 0 Å². The van der Waals surface area contributed by atoms with Crippen molar-refractivity contribution in [3.63, 3.8) is 0 Å². The van der Waals surface area contributed by atoms with E-state index in [9.17, 15) is 9.50 Å². The van der Waals surface area contributed by atoms with Crippen molar-refractivity contribution in [1.82, 2.24) is 0 Å². The van der Waals surface area contributed by atoms with Crippen LogP contribution >= 0.6 is 34.8 Å². The maximum Gasteiger partial charge on any atom is 0.344 e. The molecule has 0 amide bonds. The monoisotopic (exact) mass is 165 g/mol. The van der Waals surface area contributed by atoms with Crippen LogP contribution in [0.25, 0.3) is 0 Å². The number of alkyl halides is 4. The van der Waals surface area contributed by atoms with Crippen LogP contribution in [0.3, 0.4) is 0 Å². The Hall–Kier alpha value is 0.760. The lowest BCUT2D eigenvalue weighted by molar-refractivity contribution is -0.0539. The number of hydrogen-bond donors (Lipinski definition) is 0. The minimum atomic E-state index is -3.25. The smallest absolute Gasteiger partial charge is 0.188 e. The van der Waals surface area contributed by atoms with Crippen LogP contribution < -0.4 is 0 Å². The van der Waals surface area contributed by atoms with Crippen molar-refractivity contribution in [2.24, 2.45) is 0 Å². The van der Waals surface area contributed by atoms with Crippen molar-refractivity contribution < 1.29 is 9.50 Å². The summed E-state index contributed by atoms with van der Waals surface area (Å²) in [6.07, 6.45) is 0. The van der Waals surface area contributed by atoms with E-state index >= 15 is 0 Å². The van der Waals surface area contributed by atoms with Gasteiger partial charge in [-0.2, -0.15) is 9.50 Å². The average molecular weight is 166 g/mol. The van der Waals surface area contributed by atoms with Gasteiger partial charge in [-0.3, -0.25) is 0 Å². The van der Waals surface area contributed by atoms with Gasteiger partial charge in [-0.15, -0.1) is 0 Å². The molecule has 0 saturated heterocycles. The molecule has 0 aromatic rings. The highest BCUT2D eigenvalue weighted by Gasteiger charge is 2.33.